The number of hydrogen-bond acceptors (Lipinski definition) is 0. The zero-order chi connectivity index (χ0) is 4.41. The molecule has 0 unspecified atom stereocenters. The third-order valence-electron chi connectivity index (χ3n) is 0.486. The summed E-state index contributed by atoms with van der Waals surface area (Å²) in [4.78, 5) is 0. The molecule has 1 heterocycles. The van der Waals surface area contributed by atoms with Gasteiger partial charge in [0, 0.05) is 0 Å². The van der Waals surface area contributed by atoms with Crippen molar-refractivity contribution in [2.45, 2.75) is 0 Å². The van der Waals surface area contributed by atoms with E-state index < -0.39 is 0 Å². The molecule has 32 valence electrons. The molecule has 1 aromatic heterocycles. The Bertz CT molecular complexity index is 111. The molecule has 0 fully saturated rings. The first-order chi connectivity index (χ1) is 2.89. The normalized spacial score (nSPS) is 8.83. The fourth-order valence-electron chi connectivity index (χ4n) is 0.248. The zero-order valence-corrected chi connectivity index (χ0v) is 7.51. The molecule has 0 aliphatic heterocycles. The maximum atomic E-state index is 2.34. The van der Waals surface area contributed by atoms with Gasteiger partial charge in [0.15, 0.2) is 0 Å². The van der Waals surface area contributed by atoms with Crippen LogP contribution in [0.15, 0.2) is 14.2 Å². The molecule has 1 aromatic rings. The van der Waals surface area contributed by atoms with Crippen LogP contribution in [0.25, 0.3) is 0 Å². The summed E-state index contributed by atoms with van der Waals surface area (Å²) in [5.74, 6) is 0. The van der Waals surface area contributed by atoms with Gasteiger partial charge in [-0.2, -0.15) is 0 Å². The van der Waals surface area contributed by atoms with E-state index in [4.69, 9.17) is 0 Å². The summed E-state index contributed by atoms with van der Waals surface area (Å²) in [6.45, 7) is 0. The number of hydrogen-bond donors (Lipinski definition) is 0. The van der Waals surface area contributed by atoms with Crippen LogP contribution in [0.1, 0.15) is 0 Å². The van der Waals surface area contributed by atoms with E-state index >= 15 is 0 Å². The van der Waals surface area contributed by atoms with Gasteiger partial charge in [-0.15, -0.1) is 0 Å². The van der Waals surface area contributed by atoms with E-state index in [-0.39, 0.29) is 20.4 Å². The van der Waals surface area contributed by atoms with E-state index in [2.05, 4.69) is 36.8 Å². The van der Waals surface area contributed by atoms with Gasteiger partial charge in [-0.05, 0) is 0 Å². The molecular weight excluding hydrogens is 303 g/mol. The van der Waals surface area contributed by atoms with Crippen molar-refractivity contribution < 1.29 is 0 Å². The van der Waals surface area contributed by atoms with E-state index in [0.29, 0.717) is 0 Å². The van der Waals surface area contributed by atoms with E-state index in [1.807, 2.05) is 0 Å². The van der Waals surface area contributed by atoms with Crippen molar-refractivity contribution in [3.05, 3.63) is 17.8 Å². The van der Waals surface area contributed by atoms with Crippen LogP contribution in [0, 0.1) is 3.57 Å². The van der Waals surface area contributed by atoms with Crippen LogP contribution < -0.4 is 0 Å². The molecule has 0 atom stereocenters. The van der Waals surface area contributed by atoms with Crippen LogP contribution in [0.4, 0.5) is 0 Å². The van der Waals surface area contributed by atoms with Gasteiger partial charge in [-0.1, -0.05) is 0 Å². The average molecular weight is 306 g/mol. The second-order valence-electron chi connectivity index (χ2n) is 0.942. The molecule has 0 nitrogen and oxygen atoms in total. The Hall–Kier alpha value is 1.000. The van der Waals surface area contributed by atoms with Crippen molar-refractivity contribution in [1.29, 1.82) is 0 Å². The van der Waals surface area contributed by atoms with Crippen LogP contribution in [-0.2, 0) is 0 Å². The third kappa shape index (κ3) is 1.25. The van der Waals surface area contributed by atoms with Gasteiger partial charge < -0.3 is 0 Å². The first-order valence-corrected chi connectivity index (χ1v) is 5.34. The van der Waals surface area contributed by atoms with E-state index in [1.165, 1.54) is 3.57 Å². The van der Waals surface area contributed by atoms with Crippen LogP contribution in [0.5, 0.6) is 0 Å². The quantitative estimate of drug-likeness (QED) is 0.501. The first kappa shape index (κ1) is 5.14. The van der Waals surface area contributed by atoms with Gasteiger partial charge in [-0.25, -0.2) is 0 Å². The van der Waals surface area contributed by atoms with Crippen LogP contribution in [0.3, 0.4) is 0 Å². The Kier molecular flexibility index (Phi) is 2.01. The summed E-state index contributed by atoms with van der Waals surface area (Å²) in [5.41, 5.74) is 0. The molecule has 0 aromatic carbocycles. The van der Waals surface area contributed by atoms with Crippen molar-refractivity contribution in [2.75, 3.05) is 0 Å². The molecule has 0 saturated carbocycles. The van der Waals surface area contributed by atoms with Crippen molar-refractivity contribution in [2.24, 2.45) is 0 Å². The molecule has 6 heavy (non-hydrogen) atoms. The van der Waals surface area contributed by atoms with Gasteiger partial charge >= 0.3 is 60.8 Å². The average Bonchev–Trinajstić information content (AvgIpc) is 1.86. The van der Waals surface area contributed by atoms with Crippen LogP contribution in [0.2, 0.25) is 0 Å². The summed E-state index contributed by atoms with van der Waals surface area (Å²) in [6.07, 6.45) is 0. The van der Waals surface area contributed by atoms with E-state index in [1.54, 1.807) is 0 Å². The van der Waals surface area contributed by atoms with Gasteiger partial charge in [-0.3, -0.25) is 0 Å². The summed E-state index contributed by atoms with van der Waals surface area (Å²) >= 11 is 2.55. The van der Waals surface area contributed by atoms with Crippen molar-refractivity contribution in [3.63, 3.8) is 0 Å². The topological polar surface area (TPSA) is 0 Å². The Balaban J connectivity index is 3.05. The van der Waals surface area contributed by atoms with Crippen LogP contribution in [-0.4, -0.2) is 20.4 Å². The summed E-state index contributed by atoms with van der Waals surface area (Å²) in [5, 5.41) is 0. The molecule has 0 N–H and O–H groups in total. The van der Waals surface area contributed by atoms with Crippen molar-refractivity contribution in [1.82, 2.24) is 0 Å². The molecule has 1 rings (SSSR count). The number of rotatable bonds is 0. The molecular formula is C4H3ITe. The second kappa shape index (κ2) is 2.34. The molecule has 0 aliphatic rings. The zero-order valence-electron chi connectivity index (χ0n) is 3.02. The molecule has 0 amide bonds. The van der Waals surface area contributed by atoms with E-state index in [9.17, 15) is 0 Å². The standard InChI is InChI=1S/C4H3ITe/c5-4-1-2-6-3-4/h1-3H. The molecule has 2 heteroatoms. The fourth-order valence-corrected chi connectivity index (χ4v) is 3.63. The molecule has 0 saturated heterocycles. The second-order valence-corrected chi connectivity index (χ2v) is 4.41. The van der Waals surface area contributed by atoms with Crippen molar-refractivity contribution in [3.8, 4) is 0 Å². The molecule has 0 aliphatic carbocycles. The molecule has 0 radical (unpaired) electrons. The number of halogens is 1. The predicted octanol–water partition coefficient (Wildman–Crippen LogP) is 1.35. The fraction of sp³-hybridized carbons (Fsp3) is 0. The van der Waals surface area contributed by atoms with Crippen LogP contribution >= 0.6 is 22.6 Å². The van der Waals surface area contributed by atoms with E-state index in [0.717, 1.165) is 0 Å². The molecule has 0 bridgehead atoms. The third-order valence-corrected chi connectivity index (χ3v) is 4.42. The first-order valence-electron chi connectivity index (χ1n) is 1.57. The Labute approximate surface area is 60.3 Å². The van der Waals surface area contributed by atoms with Gasteiger partial charge in [0.05, 0.1) is 0 Å². The summed E-state index contributed by atoms with van der Waals surface area (Å²) < 4.78 is 6.04. The summed E-state index contributed by atoms with van der Waals surface area (Å²) in [7, 11) is 0. The Morgan fingerprint density at radius 1 is 1.67 bits per heavy atom. The SMILES string of the molecule is Ic1cc[te]c1. The minimum atomic E-state index is 0.209. The van der Waals surface area contributed by atoms with Gasteiger partial charge in [0.1, 0.15) is 0 Å². The van der Waals surface area contributed by atoms with Gasteiger partial charge in [0.25, 0.3) is 0 Å². The monoisotopic (exact) mass is 308 g/mol. The Morgan fingerprint density at radius 3 is 2.67 bits per heavy atom. The Morgan fingerprint density at radius 2 is 2.50 bits per heavy atom. The van der Waals surface area contributed by atoms with Crippen molar-refractivity contribution >= 4 is 43.0 Å². The maximum absolute atomic E-state index is 2.34. The summed E-state index contributed by atoms with van der Waals surface area (Å²) in [6, 6.07) is 2.18. The predicted molar refractivity (Wildman–Crippen MR) is 36.1 cm³/mol. The molecule has 0 spiro atoms. The van der Waals surface area contributed by atoms with Gasteiger partial charge in [0.2, 0.25) is 0 Å². The minimum absolute atomic E-state index is 0.209.